The minimum absolute atomic E-state index is 0.317. The molecule has 0 saturated carbocycles. The predicted molar refractivity (Wildman–Crippen MR) is 63.4 cm³/mol. The van der Waals surface area contributed by atoms with E-state index in [1.165, 1.54) is 0 Å². The van der Waals surface area contributed by atoms with Gasteiger partial charge in [0.15, 0.2) is 0 Å². The van der Waals surface area contributed by atoms with Gasteiger partial charge in [-0.3, -0.25) is 4.98 Å². The fourth-order valence-electron chi connectivity index (χ4n) is 1.78. The lowest BCUT2D eigenvalue weighted by Gasteiger charge is -2.23. The summed E-state index contributed by atoms with van der Waals surface area (Å²) in [5.74, 6) is 0. The van der Waals surface area contributed by atoms with Gasteiger partial charge in [0.25, 0.3) is 0 Å². The molecule has 88 valence electrons. The van der Waals surface area contributed by atoms with Crippen LogP contribution in [0.2, 0.25) is 0 Å². The smallest absolute Gasteiger partial charge is 0.0824 e. The molecule has 2 heterocycles. The van der Waals surface area contributed by atoms with E-state index in [1.807, 2.05) is 18.3 Å². The van der Waals surface area contributed by atoms with Crippen molar-refractivity contribution in [3.8, 4) is 0 Å². The van der Waals surface area contributed by atoms with E-state index in [1.54, 1.807) is 0 Å². The second kappa shape index (κ2) is 6.58. The molecule has 16 heavy (non-hydrogen) atoms. The second-order valence-corrected chi connectivity index (χ2v) is 3.97. The van der Waals surface area contributed by atoms with E-state index in [0.717, 1.165) is 44.9 Å². The number of ether oxygens (including phenoxy) is 1. The summed E-state index contributed by atoms with van der Waals surface area (Å²) >= 11 is 0. The zero-order valence-corrected chi connectivity index (χ0v) is 9.48. The molecular weight excluding hydrogens is 202 g/mol. The number of pyridine rings is 1. The van der Waals surface area contributed by atoms with Crippen molar-refractivity contribution in [2.45, 2.75) is 12.5 Å². The average Bonchev–Trinajstić information content (AvgIpc) is 2.37. The summed E-state index contributed by atoms with van der Waals surface area (Å²) in [6, 6.07) is 6.02. The van der Waals surface area contributed by atoms with Gasteiger partial charge < -0.3 is 15.4 Å². The zero-order chi connectivity index (χ0) is 11.1. The van der Waals surface area contributed by atoms with Crippen LogP contribution in [0.15, 0.2) is 24.4 Å². The lowest BCUT2D eigenvalue weighted by Crippen LogP contribution is -2.44. The van der Waals surface area contributed by atoms with E-state index in [0.29, 0.717) is 6.10 Å². The highest BCUT2D eigenvalue weighted by Crippen LogP contribution is 1.95. The first-order valence-corrected chi connectivity index (χ1v) is 5.88. The maximum absolute atomic E-state index is 5.59. The molecule has 0 aromatic carbocycles. The number of nitrogens with one attached hydrogen (secondary N) is 2. The molecule has 2 N–H and O–H groups in total. The van der Waals surface area contributed by atoms with Crippen molar-refractivity contribution in [1.82, 2.24) is 15.6 Å². The Labute approximate surface area is 96.4 Å². The van der Waals surface area contributed by atoms with Crippen LogP contribution in [0, 0.1) is 0 Å². The van der Waals surface area contributed by atoms with Crippen LogP contribution in [0.3, 0.4) is 0 Å². The SMILES string of the molecule is c1ccc(CCNCC2CNCCO2)nc1. The van der Waals surface area contributed by atoms with Gasteiger partial charge in [-0.15, -0.1) is 0 Å². The molecule has 0 amide bonds. The van der Waals surface area contributed by atoms with E-state index < -0.39 is 0 Å². The fraction of sp³-hybridized carbons (Fsp3) is 0.583. The summed E-state index contributed by atoms with van der Waals surface area (Å²) in [7, 11) is 0. The molecule has 1 unspecified atom stereocenters. The van der Waals surface area contributed by atoms with E-state index in [4.69, 9.17) is 4.74 Å². The molecule has 0 spiro atoms. The number of hydrogen-bond donors (Lipinski definition) is 2. The summed E-state index contributed by atoms with van der Waals surface area (Å²) in [6.45, 7) is 4.63. The first-order chi connectivity index (χ1) is 7.95. The third-order valence-corrected chi connectivity index (χ3v) is 2.66. The Morgan fingerprint density at radius 1 is 1.50 bits per heavy atom. The van der Waals surface area contributed by atoms with Gasteiger partial charge in [-0.1, -0.05) is 6.07 Å². The molecule has 1 saturated heterocycles. The summed E-state index contributed by atoms with van der Waals surface area (Å²) in [5, 5.41) is 6.71. The minimum atomic E-state index is 0.317. The minimum Gasteiger partial charge on any atom is -0.374 e. The lowest BCUT2D eigenvalue weighted by atomic mass is 10.2. The largest absolute Gasteiger partial charge is 0.374 e. The number of morpholine rings is 1. The van der Waals surface area contributed by atoms with Crippen LogP contribution in [-0.4, -0.2) is 43.9 Å². The number of nitrogens with zero attached hydrogens (tertiary/aromatic N) is 1. The maximum atomic E-state index is 5.59. The summed E-state index contributed by atoms with van der Waals surface area (Å²) in [4.78, 5) is 4.28. The monoisotopic (exact) mass is 221 g/mol. The molecule has 2 rings (SSSR count). The van der Waals surface area contributed by atoms with Crippen LogP contribution in [0.4, 0.5) is 0 Å². The van der Waals surface area contributed by atoms with Gasteiger partial charge >= 0.3 is 0 Å². The number of hydrogen-bond acceptors (Lipinski definition) is 4. The Balaban J connectivity index is 1.58. The van der Waals surface area contributed by atoms with Crippen LogP contribution in [0.25, 0.3) is 0 Å². The van der Waals surface area contributed by atoms with Crippen molar-refractivity contribution < 1.29 is 4.74 Å². The van der Waals surface area contributed by atoms with Gasteiger partial charge in [0.05, 0.1) is 12.7 Å². The second-order valence-electron chi connectivity index (χ2n) is 3.97. The normalized spacial score (nSPS) is 20.9. The van der Waals surface area contributed by atoms with Crippen molar-refractivity contribution in [1.29, 1.82) is 0 Å². The molecule has 0 radical (unpaired) electrons. The Kier molecular flexibility index (Phi) is 4.73. The first kappa shape index (κ1) is 11.5. The van der Waals surface area contributed by atoms with E-state index >= 15 is 0 Å². The van der Waals surface area contributed by atoms with Crippen molar-refractivity contribution in [3.05, 3.63) is 30.1 Å². The molecule has 1 aliphatic heterocycles. The third-order valence-electron chi connectivity index (χ3n) is 2.66. The molecular formula is C12H19N3O. The number of aromatic nitrogens is 1. The Hall–Kier alpha value is -0.970. The highest BCUT2D eigenvalue weighted by Gasteiger charge is 2.11. The Morgan fingerprint density at radius 3 is 3.25 bits per heavy atom. The van der Waals surface area contributed by atoms with Crippen LogP contribution in [0.5, 0.6) is 0 Å². The van der Waals surface area contributed by atoms with Crippen LogP contribution in [-0.2, 0) is 11.2 Å². The van der Waals surface area contributed by atoms with Crippen LogP contribution >= 0.6 is 0 Å². The topological polar surface area (TPSA) is 46.2 Å². The van der Waals surface area contributed by atoms with Gasteiger partial charge in [0, 0.05) is 44.5 Å². The van der Waals surface area contributed by atoms with Gasteiger partial charge in [-0.25, -0.2) is 0 Å². The Morgan fingerprint density at radius 2 is 2.50 bits per heavy atom. The quantitative estimate of drug-likeness (QED) is 0.697. The highest BCUT2D eigenvalue weighted by molar-refractivity contribution is 5.03. The predicted octanol–water partition coefficient (Wildman–Crippen LogP) is 0.202. The highest BCUT2D eigenvalue weighted by atomic mass is 16.5. The average molecular weight is 221 g/mol. The van der Waals surface area contributed by atoms with E-state index in [2.05, 4.69) is 21.7 Å². The third kappa shape index (κ3) is 3.89. The van der Waals surface area contributed by atoms with Crippen LogP contribution in [0.1, 0.15) is 5.69 Å². The van der Waals surface area contributed by atoms with Gasteiger partial charge in [-0.2, -0.15) is 0 Å². The molecule has 1 aliphatic rings. The van der Waals surface area contributed by atoms with Crippen molar-refractivity contribution in [2.24, 2.45) is 0 Å². The van der Waals surface area contributed by atoms with Gasteiger partial charge in [0.2, 0.25) is 0 Å². The molecule has 4 nitrogen and oxygen atoms in total. The molecule has 4 heteroatoms. The molecule has 1 aromatic heterocycles. The lowest BCUT2D eigenvalue weighted by molar-refractivity contribution is 0.0294. The fourth-order valence-corrected chi connectivity index (χ4v) is 1.78. The first-order valence-electron chi connectivity index (χ1n) is 5.88. The zero-order valence-electron chi connectivity index (χ0n) is 9.48. The van der Waals surface area contributed by atoms with Gasteiger partial charge in [-0.05, 0) is 12.1 Å². The summed E-state index contributed by atoms with van der Waals surface area (Å²) < 4.78 is 5.59. The van der Waals surface area contributed by atoms with Crippen LogP contribution < -0.4 is 10.6 Å². The summed E-state index contributed by atoms with van der Waals surface area (Å²) in [6.07, 6.45) is 3.13. The van der Waals surface area contributed by atoms with Crippen molar-refractivity contribution in [3.63, 3.8) is 0 Å². The number of rotatable bonds is 5. The van der Waals surface area contributed by atoms with Gasteiger partial charge in [0.1, 0.15) is 0 Å². The standard InChI is InChI=1S/C12H19N3O/c1-2-5-15-11(3-1)4-6-13-9-12-10-14-7-8-16-12/h1-3,5,12-14H,4,6-10H2. The molecule has 1 aromatic rings. The molecule has 1 atom stereocenters. The van der Waals surface area contributed by atoms with E-state index in [9.17, 15) is 0 Å². The summed E-state index contributed by atoms with van der Waals surface area (Å²) in [5.41, 5.74) is 1.14. The Bertz CT molecular complexity index is 286. The molecule has 0 aliphatic carbocycles. The van der Waals surface area contributed by atoms with E-state index in [-0.39, 0.29) is 0 Å². The van der Waals surface area contributed by atoms with Crippen molar-refractivity contribution in [2.75, 3.05) is 32.8 Å². The maximum Gasteiger partial charge on any atom is 0.0824 e. The molecule has 0 bridgehead atoms. The van der Waals surface area contributed by atoms with Crippen molar-refractivity contribution >= 4 is 0 Å². The molecule has 1 fully saturated rings.